The number of nitrogens with zero attached hydrogens (tertiary/aromatic N) is 5. The molecule has 3 fully saturated rings. The van der Waals surface area contributed by atoms with E-state index in [1.54, 1.807) is 0 Å². The van der Waals surface area contributed by atoms with E-state index >= 15 is 0 Å². The summed E-state index contributed by atoms with van der Waals surface area (Å²) >= 11 is 0. The van der Waals surface area contributed by atoms with Gasteiger partial charge in [0.1, 0.15) is 11.6 Å². The molecule has 2 saturated heterocycles. The predicted molar refractivity (Wildman–Crippen MR) is 182 cm³/mol. The van der Waals surface area contributed by atoms with Gasteiger partial charge in [-0.25, -0.2) is 4.68 Å². The highest BCUT2D eigenvalue weighted by atomic mass is 16.3. The van der Waals surface area contributed by atoms with E-state index in [4.69, 9.17) is 5.10 Å². The number of unbranched alkanes of at least 4 members (excludes halogenated alkanes) is 1. The molecule has 258 valence electrons. The quantitative estimate of drug-likeness (QED) is 0.323. The Bertz CT molecular complexity index is 1410. The van der Waals surface area contributed by atoms with Crippen LogP contribution in [0.1, 0.15) is 98.4 Å². The molecule has 47 heavy (non-hydrogen) atoms. The van der Waals surface area contributed by atoms with Crippen molar-refractivity contribution in [2.45, 2.75) is 109 Å². The molecule has 2 aromatic rings. The highest BCUT2D eigenvalue weighted by Gasteiger charge is 2.54. The average Bonchev–Trinajstić information content (AvgIpc) is 3.33. The van der Waals surface area contributed by atoms with Crippen molar-refractivity contribution < 1.29 is 19.5 Å². The van der Waals surface area contributed by atoms with Gasteiger partial charge in [-0.05, 0) is 84.3 Å². The number of hydrogen-bond donors (Lipinski definition) is 3. The fourth-order valence-electron chi connectivity index (χ4n) is 7.65. The van der Waals surface area contributed by atoms with Crippen LogP contribution in [0.15, 0.2) is 24.3 Å². The SMILES string of the molecule is CCCCN1C(=O)[C@@H](CC2(O)CCCCC2)NC(=O)C12CCN(Cc1c(C)nn(-c3ccc(C(=O)NCCN(C)C)cc3)c1C)CC2. The van der Waals surface area contributed by atoms with Crippen LogP contribution in [0.25, 0.3) is 5.69 Å². The molecule has 1 aromatic heterocycles. The van der Waals surface area contributed by atoms with Gasteiger partial charge in [0.05, 0.1) is 17.0 Å². The van der Waals surface area contributed by atoms with Crippen LogP contribution in [0.4, 0.5) is 0 Å². The smallest absolute Gasteiger partial charge is 0.251 e. The molecule has 5 rings (SSSR count). The summed E-state index contributed by atoms with van der Waals surface area (Å²) < 4.78 is 1.93. The van der Waals surface area contributed by atoms with Crippen molar-refractivity contribution in [3.05, 3.63) is 46.8 Å². The molecule has 1 spiro atoms. The van der Waals surface area contributed by atoms with Gasteiger partial charge in [0.25, 0.3) is 5.91 Å². The third-order valence-electron chi connectivity index (χ3n) is 10.6. The lowest BCUT2D eigenvalue weighted by Gasteiger charge is -2.52. The molecule has 0 bridgehead atoms. The summed E-state index contributed by atoms with van der Waals surface area (Å²) in [5.74, 6) is -0.184. The molecule has 1 saturated carbocycles. The minimum Gasteiger partial charge on any atom is -0.390 e. The van der Waals surface area contributed by atoms with Crippen molar-refractivity contribution in [2.75, 3.05) is 46.8 Å². The van der Waals surface area contributed by atoms with Gasteiger partial charge >= 0.3 is 0 Å². The van der Waals surface area contributed by atoms with Crippen molar-refractivity contribution in [1.82, 2.24) is 35.1 Å². The van der Waals surface area contributed by atoms with Gasteiger partial charge in [-0.1, -0.05) is 32.6 Å². The molecule has 1 aliphatic carbocycles. The summed E-state index contributed by atoms with van der Waals surface area (Å²) in [4.78, 5) is 46.6. The number of nitrogens with one attached hydrogen (secondary N) is 2. The number of likely N-dealkylation sites (N-methyl/N-ethyl adjacent to an activating group) is 1. The number of hydrogen-bond acceptors (Lipinski definition) is 7. The van der Waals surface area contributed by atoms with Gasteiger partial charge in [0.15, 0.2) is 0 Å². The molecule has 0 radical (unpaired) electrons. The molecule has 1 atom stereocenters. The zero-order chi connectivity index (χ0) is 33.8. The van der Waals surface area contributed by atoms with Crippen LogP contribution in [0.3, 0.4) is 0 Å². The largest absolute Gasteiger partial charge is 0.390 e. The van der Waals surface area contributed by atoms with Gasteiger partial charge < -0.3 is 25.5 Å². The zero-order valence-electron chi connectivity index (χ0n) is 29.1. The highest BCUT2D eigenvalue weighted by molar-refractivity contribution is 6.00. The van der Waals surface area contributed by atoms with Crippen LogP contribution in [-0.4, -0.2) is 111 Å². The summed E-state index contributed by atoms with van der Waals surface area (Å²) in [6.45, 7) is 10.2. The van der Waals surface area contributed by atoms with Crippen molar-refractivity contribution in [2.24, 2.45) is 0 Å². The highest BCUT2D eigenvalue weighted by Crippen LogP contribution is 2.38. The number of aliphatic hydroxyl groups is 1. The Labute approximate surface area is 280 Å². The molecular weight excluding hydrogens is 594 g/mol. The fourth-order valence-corrected chi connectivity index (χ4v) is 7.65. The molecule has 3 aliphatic rings. The standard InChI is InChI=1S/C36H55N7O4/c1-6-7-20-42-33(45)31(24-35(47)15-9-8-10-16-35)38-34(46)36(42)17-21-41(22-18-36)25-30-26(2)39-43(27(30)3)29-13-11-28(12-14-29)32(44)37-19-23-40(4)5/h11-14,31,47H,6-10,15-25H2,1-5H3,(H,37,44)(H,38,46)/t31-/m1/s1. The lowest BCUT2D eigenvalue weighted by atomic mass is 9.77. The maximum Gasteiger partial charge on any atom is 0.251 e. The van der Waals surface area contributed by atoms with E-state index in [1.807, 2.05) is 59.8 Å². The van der Waals surface area contributed by atoms with Crippen LogP contribution in [-0.2, 0) is 16.1 Å². The first-order chi connectivity index (χ1) is 22.5. The molecule has 3 N–H and O–H groups in total. The lowest BCUT2D eigenvalue weighted by Crippen LogP contribution is -2.73. The molecule has 3 heterocycles. The maximum absolute atomic E-state index is 13.9. The predicted octanol–water partition coefficient (Wildman–Crippen LogP) is 3.33. The Morgan fingerprint density at radius 1 is 1.06 bits per heavy atom. The number of piperazine rings is 1. The number of aryl methyl sites for hydroxylation is 1. The van der Waals surface area contributed by atoms with Crippen LogP contribution >= 0.6 is 0 Å². The zero-order valence-corrected chi connectivity index (χ0v) is 29.1. The summed E-state index contributed by atoms with van der Waals surface area (Å²) in [7, 11) is 3.95. The van der Waals surface area contributed by atoms with Crippen LogP contribution in [0.2, 0.25) is 0 Å². The van der Waals surface area contributed by atoms with Crippen molar-refractivity contribution in [1.29, 1.82) is 0 Å². The average molecular weight is 650 g/mol. The maximum atomic E-state index is 13.9. The second-order valence-electron chi connectivity index (χ2n) is 14.3. The number of likely N-dealkylation sites (tertiary alicyclic amines) is 1. The first-order valence-electron chi connectivity index (χ1n) is 17.6. The van der Waals surface area contributed by atoms with Crippen LogP contribution in [0.5, 0.6) is 0 Å². The van der Waals surface area contributed by atoms with E-state index < -0.39 is 17.2 Å². The van der Waals surface area contributed by atoms with Crippen molar-refractivity contribution in [3.63, 3.8) is 0 Å². The number of carbonyl (C=O) groups is 3. The van der Waals surface area contributed by atoms with E-state index in [1.165, 1.54) is 0 Å². The Kier molecular flexibility index (Phi) is 11.1. The third-order valence-corrected chi connectivity index (χ3v) is 10.6. The van der Waals surface area contributed by atoms with Gasteiger partial charge in [-0.15, -0.1) is 0 Å². The second-order valence-corrected chi connectivity index (χ2v) is 14.3. The van der Waals surface area contributed by atoms with E-state index in [0.29, 0.717) is 70.4 Å². The van der Waals surface area contributed by atoms with Crippen LogP contribution in [0, 0.1) is 13.8 Å². The van der Waals surface area contributed by atoms with Gasteiger partial charge in [0, 0.05) is 62.5 Å². The van der Waals surface area contributed by atoms with E-state index in [0.717, 1.165) is 61.3 Å². The third kappa shape index (κ3) is 7.73. The summed E-state index contributed by atoms with van der Waals surface area (Å²) in [5.41, 5.74) is 2.94. The van der Waals surface area contributed by atoms with E-state index in [9.17, 15) is 19.5 Å². The normalized spacial score (nSPS) is 21.3. The molecule has 11 heteroatoms. The Morgan fingerprint density at radius 2 is 1.74 bits per heavy atom. The Balaban J connectivity index is 1.24. The second kappa shape index (κ2) is 14.9. The molecule has 2 aliphatic heterocycles. The van der Waals surface area contributed by atoms with Crippen molar-refractivity contribution in [3.8, 4) is 5.69 Å². The Morgan fingerprint density at radius 3 is 2.38 bits per heavy atom. The first-order valence-corrected chi connectivity index (χ1v) is 17.6. The number of aromatic nitrogens is 2. The molecule has 11 nitrogen and oxygen atoms in total. The van der Waals surface area contributed by atoms with Crippen molar-refractivity contribution >= 4 is 17.7 Å². The summed E-state index contributed by atoms with van der Waals surface area (Å²) in [6.07, 6.45) is 7.67. The minimum absolute atomic E-state index is 0.0319. The first kappa shape index (κ1) is 35.0. The summed E-state index contributed by atoms with van der Waals surface area (Å²) in [6, 6.07) is 6.87. The molecule has 0 unspecified atom stereocenters. The van der Waals surface area contributed by atoms with Crippen LogP contribution < -0.4 is 10.6 Å². The van der Waals surface area contributed by atoms with E-state index in [2.05, 4.69) is 29.4 Å². The molecular formula is C36H55N7O4. The van der Waals surface area contributed by atoms with E-state index in [-0.39, 0.29) is 17.7 Å². The monoisotopic (exact) mass is 649 g/mol. The molecule has 3 amide bonds. The number of benzene rings is 1. The number of piperidine rings is 1. The Hall–Kier alpha value is -3.28. The number of carbonyl (C=O) groups excluding carboxylic acids is 3. The summed E-state index contributed by atoms with van der Waals surface area (Å²) in [5, 5.41) is 22.1. The number of amides is 3. The number of rotatable bonds is 12. The van der Waals surface area contributed by atoms with Gasteiger partial charge in [0.2, 0.25) is 11.8 Å². The van der Waals surface area contributed by atoms with Gasteiger partial charge in [-0.2, -0.15) is 5.10 Å². The topological polar surface area (TPSA) is 123 Å². The molecule has 1 aromatic carbocycles. The lowest BCUT2D eigenvalue weighted by molar-refractivity contribution is -0.163. The van der Waals surface area contributed by atoms with Gasteiger partial charge in [-0.3, -0.25) is 19.3 Å². The minimum atomic E-state index is -0.876. The fraction of sp³-hybridized carbons (Fsp3) is 0.667.